The number of hydrogen-bond donors (Lipinski definition) is 1. The Balaban J connectivity index is 2.28. The highest BCUT2D eigenvalue weighted by molar-refractivity contribution is 5.44. The van der Waals surface area contributed by atoms with Gasteiger partial charge in [0.05, 0.1) is 7.11 Å². The van der Waals surface area contributed by atoms with Crippen LogP contribution in [0.5, 0.6) is 17.5 Å². The predicted octanol–water partition coefficient (Wildman–Crippen LogP) is 2.04. The lowest BCUT2D eigenvalue weighted by Gasteiger charge is -2.10. The van der Waals surface area contributed by atoms with Gasteiger partial charge in [-0.05, 0) is 30.7 Å². The van der Waals surface area contributed by atoms with E-state index in [1.807, 2.05) is 25.1 Å². The van der Waals surface area contributed by atoms with Crippen LogP contribution in [0.4, 0.5) is 0 Å². The first-order chi connectivity index (χ1) is 8.72. The molecule has 0 aliphatic carbocycles. The first-order valence-corrected chi connectivity index (χ1v) is 5.57. The van der Waals surface area contributed by atoms with Gasteiger partial charge < -0.3 is 15.2 Å². The van der Waals surface area contributed by atoms with Crippen LogP contribution in [0.25, 0.3) is 0 Å². The minimum Gasteiger partial charge on any atom is -0.493 e. The largest absolute Gasteiger partial charge is 0.493 e. The van der Waals surface area contributed by atoms with Gasteiger partial charge in [-0.15, -0.1) is 0 Å². The molecule has 0 atom stereocenters. The van der Waals surface area contributed by atoms with E-state index in [0.717, 1.165) is 11.3 Å². The third-order valence-electron chi connectivity index (χ3n) is 2.44. The van der Waals surface area contributed by atoms with Crippen LogP contribution in [-0.4, -0.2) is 17.1 Å². The molecular weight excluding hydrogens is 230 g/mol. The number of aromatic nitrogens is 2. The number of nitrogens with zero attached hydrogens (tertiary/aromatic N) is 2. The summed E-state index contributed by atoms with van der Waals surface area (Å²) in [6.45, 7) is 2.33. The number of ether oxygens (including phenoxy) is 2. The van der Waals surface area contributed by atoms with Gasteiger partial charge in [-0.25, -0.2) is 9.97 Å². The van der Waals surface area contributed by atoms with E-state index in [1.165, 1.54) is 0 Å². The minimum absolute atomic E-state index is 0.300. The van der Waals surface area contributed by atoms with Crippen molar-refractivity contribution in [3.63, 3.8) is 0 Å². The maximum Gasteiger partial charge on any atom is 0.322 e. The standard InChI is InChI=1S/C13H15N3O2/c1-9-5-6-15-13(16-9)18-11-4-3-10(8-14)7-12(11)17-2/h3-7H,8,14H2,1-2H3. The van der Waals surface area contributed by atoms with Gasteiger partial charge in [0.1, 0.15) is 0 Å². The summed E-state index contributed by atoms with van der Waals surface area (Å²) in [5.41, 5.74) is 7.40. The zero-order valence-corrected chi connectivity index (χ0v) is 10.4. The van der Waals surface area contributed by atoms with Crippen LogP contribution in [0.15, 0.2) is 30.5 Å². The third-order valence-corrected chi connectivity index (χ3v) is 2.44. The molecule has 5 nitrogen and oxygen atoms in total. The van der Waals surface area contributed by atoms with Gasteiger partial charge in [-0.2, -0.15) is 0 Å². The highest BCUT2D eigenvalue weighted by Crippen LogP contribution is 2.30. The molecule has 0 saturated carbocycles. The van der Waals surface area contributed by atoms with Crippen LogP contribution in [0.1, 0.15) is 11.3 Å². The van der Waals surface area contributed by atoms with E-state index in [0.29, 0.717) is 24.1 Å². The van der Waals surface area contributed by atoms with E-state index in [9.17, 15) is 0 Å². The van der Waals surface area contributed by atoms with Crippen LogP contribution in [0.3, 0.4) is 0 Å². The van der Waals surface area contributed by atoms with Gasteiger partial charge in [0.25, 0.3) is 0 Å². The summed E-state index contributed by atoms with van der Waals surface area (Å²) in [6.07, 6.45) is 1.65. The molecule has 1 aromatic carbocycles. The summed E-state index contributed by atoms with van der Waals surface area (Å²) < 4.78 is 10.8. The summed E-state index contributed by atoms with van der Waals surface area (Å²) >= 11 is 0. The van der Waals surface area contributed by atoms with Gasteiger partial charge >= 0.3 is 6.01 Å². The van der Waals surface area contributed by atoms with Crippen LogP contribution in [0.2, 0.25) is 0 Å². The van der Waals surface area contributed by atoms with Crippen molar-refractivity contribution < 1.29 is 9.47 Å². The Kier molecular flexibility index (Phi) is 3.74. The summed E-state index contributed by atoms with van der Waals surface area (Å²) in [6, 6.07) is 7.63. The van der Waals surface area contributed by atoms with E-state index in [4.69, 9.17) is 15.2 Å². The Morgan fingerprint density at radius 1 is 1.22 bits per heavy atom. The Morgan fingerprint density at radius 2 is 2.06 bits per heavy atom. The first-order valence-electron chi connectivity index (χ1n) is 5.57. The van der Waals surface area contributed by atoms with E-state index in [2.05, 4.69) is 9.97 Å². The molecule has 0 spiro atoms. The van der Waals surface area contributed by atoms with Crippen LogP contribution < -0.4 is 15.2 Å². The molecule has 0 unspecified atom stereocenters. The smallest absolute Gasteiger partial charge is 0.322 e. The Bertz CT molecular complexity index is 544. The normalized spacial score (nSPS) is 10.2. The fourth-order valence-electron chi connectivity index (χ4n) is 1.50. The topological polar surface area (TPSA) is 70.3 Å². The van der Waals surface area contributed by atoms with Crippen LogP contribution >= 0.6 is 0 Å². The lowest BCUT2D eigenvalue weighted by Crippen LogP contribution is -1.99. The fourth-order valence-corrected chi connectivity index (χ4v) is 1.50. The van der Waals surface area contributed by atoms with E-state index in [-0.39, 0.29) is 0 Å². The lowest BCUT2D eigenvalue weighted by atomic mass is 10.2. The second-order valence-corrected chi connectivity index (χ2v) is 3.77. The van der Waals surface area contributed by atoms with Gasteiger partial charge in [0.15, 0.2) is 11.5 Å². The molecule has 5 heteroatoms. The number of methoxy groups -OCH3 is 1. The molecule has 2 aromatic rings. The van der Waals surface area contributed by atoms with E-state index in [1.54, 1.807) is 19.4 Å². The maximum absolute atomic E-state index is 5.59. The molecule has 0 fully saturated rings. The molecule has 2 rings (SSSR count). The molecule has 1 heterocycles. The molecule has 2 N–H and O–H groups in total. The molecular formula is C13H15N3O2. The highest BCUT2D eigenvalue weighted by Gasteiger charge is 2.08. The number of nitrogens with two attached hydrogens (primary N) is 1. The van der Waals surface area contributed by atoms with Crippen molar-refractivity contribution in [2.24, 2.45) is 5.73 Å². The van der Waals surface area contributed by atoms with Crippen molar-refractivity contribution in [1.29, 1.82) is 0 Å². The third kappa shape index (κ3) is 2.75. The van der Waals surface area contributed by atoms with Gasteiger partial charge in [0, 0.05) is 18.4 Å². The molecule has 0 bridgehead atoms. The minimum atomic E-state index is 0.300. The number of rotatable bonds is 4. The zero-order chi connectivity index (χ0) is 13.0. The van der Waals surface area contributed by atoms with Crippen molar-refractivity contribution in [2.75, 3.05) is 7.11 Å². The van der Waals surface area contributed by atoms with Crippen LogP contribution in [0, 0.1) is 6.92 Å². The van der Waals surface area contributed by atoms with Crippen molar-refractivity contribution in [3.05, 3.63) is 41.7 Å². The van der Waals surface area contributed by atoms with Crippen LogP contribution in [-0.2, 0) is 6.54 Å². The summed E-state index contributed by atoms with van der Waals surface area (Å²) in [5, 5.41) is 0. The molecule has 94 valence electrons. The number of benzene rings is 1. The van der Waals surface area contributed by atoms with E-state index >= 15 is 0 Å². The van der Waals surface area contributed by atoms with E-state index < -0.39 is 0 Å². The maximum atomic E-state index is 5.59. The van der Waals surface area contributed by atoms with Crippen molar-refractivity contribution >= 4 is 0 Å². The van der Waals surface area contributed by atoms with Gasteiger partial charge in [-0.1, -0.05) is 6.07 Å². The fraction of sp³-hybridized carbons (Fsp3) is 0.231. The molecule has 18 heavy (non-hydrogen) atoms. The predicted molar refractivity (Wildman–Crippen MR) is 67.7 cm³/mol. The van der Waals surface area contributed by atoms with Gasteiger partial charge in [0.2, 0.25) is 0 Å². The number of hydrogen-bond acceptors (Lipinski definition) is 5. The van der Waals surface area contributed by atoms with Crippen molar-refractivity contribution in [2.45, 2.75) is 13.5 Å². The second-order valence-electron chi connectivity index (χ2n) is 3.77. The SMILES string of the molecule is COc1cc(CN)ccc1Oc1nccc(C)n1. The Hall–Kier alpha value is -2.14. The average molecular weight is 245 g/mol. The molecule has 0 amide bonds. The van der Waals surface area contributed by atoms with Gasteiger partial charge in [-0.3, -0.25) is 0 Å². The lowest BCUT2D eigenvalue weighted by molar-refractivity contribution is 0.367. The first kappa shape index (κ1) is 12.3. The molecule has 0 aliphatic rings. The monoisotopic (exact) mass is 245 g/mol. The number of aryl methyl sites for hydroxylation is 1. The summed E-state index contributed by atoms with van der Waals surface area (Å²) in [5.74, 6) is 1.18. The van der Waals surface area contributed by atoms with Crippen molar-refractivity contribution in [3.8, 4) is 17.5 Å². The summed E-state index contributed by atoms with van der Waals surface area (Å²) in [4.78, 5) is 8.21. The second kappa shape index (κ2) is 5.46. The molecule has 0 radical (unpaired) electrons. The molecule has 0 aliphatic heterocycles. The highest BCUT2D eigenvalue weighted by atomic mass is 16.5. The van der Waals surface area contributed by atoms with Crippen molar-refractivity contribution in [1.82, 2.24) is 9.97 Å². The Morgan fingerprint density at radius 3 is 2.72 bits per heavy atom. The Labute approximate surface area is 106 Å². The quantitative estimate of drug-likeness (QED) is 0.892. The molecule has 1 aromatic heterocycles. The average Bonchev–Trinajstić information content (AvgIpc) is 2.39. The molecule has 0 saturated heterocycles. The summed E-state index contributed by atoms with van der Waals surface area (Å²) in [7, 11) is 1.58. The zero-order valence-electron chi connectivity index (χ0n) is 10.4.